The maximum Gasteiger partial charge on any atom is 0.257 e. The number of rotatable bonds is 3. The minimum absolute atomic E-state index is 0.206. The molecule has 1 N–H and O–H groups in total. The molecule has 6 heteroatoms. The molecule has 1 amide bonds. The molecular weight excluding hydrogens is 416 g/mol. The normalized spacial score (nSPS) is 11.0. The van der Waals surface area contributed by atoms with E-state index in [1.54, 1.807) is 10.7 Å². The number of hydrogen-bond acceptors (Lipinski definition) is 3. The quantitative estimate of drug-likeness (QED) is 0.471. The van der Waals surface area contributed by atoms with E-state index in [4.69, 9.17) is 4.98 Å². The highest BCUT2D eigenvalue weighted by Crippen LogP contribution is 2.25. The molecule has 0 spiro atoms. The predicted molar refractivity (Wildman–Crippen MR) is 115 cm³/mol. The number of nitrogens with one attached hydrogen (secondary N) is 1. The second kappa shape index (κ2) is 7.20. The zero-order valence-electron chi connectivity index (χ0n) is 15.8. The summed E-state index contributed by atoms with van der Waals surface area (Å²) in [5, 5.41) is 8.63. The summed E-state index contributed by atoms with van der Waals surface area (Å²) in [7, 11) is 0. The van der Waals surface area contributed by atoms with Crippen molar-refractivity contribution in [2.75, 3.05) is 5.32 Å². The molecule has 0 bridgehead atoms. The van der Waals surface area contributed by atoms with Crippen LogP contribution in [0.4, 0.5) is 5.82 Å². The Kier molecular flexibility index (Phi) is 4.73. The van der Waals surface area contributed by atoms with Crippen molar-refractivity contribution in [2.45, 2.75) is 20.8 Å². The van der Waals surface area contributed by atoms with Crippen LogP contribution in [0.1, 0.15) is 27.2 Å². The minimum Gasteiger partial charge on any atom is -0.306 e. The Balaban J connectivity index is 1.78. The molecule has 28 heavy (non-hydrogen) atoms. The van der Waals surface area contributed by atoms with Gasteiger partial charge in [-0.25, -0.2) is 4.98 Å². The van der Waals surface area contributed by atoms with Gasteiger partial charge < -0.3 is 5.32 Å². The molecule has 2 aromatic carbocycles. The molecule has 0 unspecified atom stereocenters. The van der Waals surface area contributed by atoms with Gasteiger partial charge in [-0.05, 0) is 66.0 Å². The third-order valence-corrected chi connectivity index (χ3v) is 5.33. The van der Waals surface area contributed by atoms with E-state index in [0.717, 1.165) is 32.2 Å². The number of pyridine rings is 1. The molecule has 0 atom stereocenters. The number of amides is 1. The van der Waals surface area contributed by atoms with Crippen LogP contribution in [0.5, 0.6) is 0 Å². The van der Waals surface area contributed by atoms with Crippen molar-refractivity contribution in [1.82, 2.24) is 14.8 Å². The first kappa shape index (κ1) is 18.4. The Morgan fingerprint density at radius 3 is 2.57 bits per heavy atom. The second-order valence-electron chi connectivity index (χ2n) is 6.79. The number of aryl methyl sites for hydroxylation is 3. The molecule has 0 aliphatic heterocycles. The van der Waals surface area contributed by atoms with Gasteiger partial charge in [0.1, 0.15) is 5.82 Å². The Morgan fingerprint density at radius 1 is 1.00 bits per heavy atom. The zero-order chi connectivity index (χ0) is 19.8. The van der Waals surface area contributed by atoms with Gasteiger partial charge in [0.05, 0.1) is 16.8 Å². The zero-order valence-corrected chi connectivity index (χ0v) is 17.4. The monoisotopic (exact) mass is 434 g/mol. The molecule has 4 aromatic rings. The second-order valence-corrected chi connectivity index (χ2v) is 7.64. The minimum atomic E-state index is -0.206. The number of halogens is 1. The predicted octanol–water partition coefficient (Wildman–Crippen LogP) is 5.36. The summed E-state index contributed by atoms with van der Waals surface area (Å²) >= 11 is 3.43. The van der Waals surface area contributed by atoms with Crippen molar-refractivity contribution in [3.63, 3.8) is 0 Å². The summed E-state index contributed by atoms with van der Waals surface area (Å²) in [6.45, 7) is 5.99. The summed E-state index contributed by atoms with van der Waals surface area (Å²) in [5.41, 5.74) is 4.51. The van der Waals surface area contributed by atoms with Crippen LogP contribution < -0.4 is 5.32 Å². The fraction of sp³-hybridized carbons (Fsp3) is 0.136. The Hall–Kier alpha value is -2.99. The maximum absolute atomic E-state index is 12.8. The van der Waals surface area contributed by atoms with E-state index in [0.29, 0.717) is 17.2 Å². The van der Waals surface area contributed by atoms with Crippen LogP contribution in [0.2, 0.25) is 0 Å². The molecule has 2 heterocycles. The number of hydrogen-bond donors (Lipinski definition) is 1. The first-order valence-corrected chi connectivity index (χ1v) is 9.73. The largest absolute Gasteiger partial charge is 0.306 e. The topological polar surface area (TPSA) is 59.8 Å². The molecular formula is C22H19BrN4O. The van der Waals surface area contributed by atoms with Gasteiger partial charge >= 0.3 is 0 Å². The third kappa shape index (κ3) is 3.31. The van der Waals surface area contributed by atoms with E-state index in [1.807, 2.05) is 56.3 Å². The van der Waals surface area contributed by atoms with Crippen LogP contribution in [0.3, 0.4) is 0 Å². The van der Waals surface area contributed by atoms with Crippen LogP contribution in [0, 0.1) is 20.8 Å². The highest BCUT2D eigenvalue weighted by Gasteiger charge is 2.16. The molecule has 0 radical (unpaired) electrons. The van der Waals surface area contributed by atoms with Gasteiger partial charge in [0.2, 0.25) is 0 Å². The molecule has 0 saturated carbocycles. The average molecular weight is 435 g/mol. The number of para-hydroxylation sites is 1. The van der Waals surface area contributed by atoms with Crippen molar-refractivity contribution >= 4 is 38.6 Å². The van der Waals surface area contributed by atoms with E-state index < -0.39 is 0 Å². The summed E-state index contributed by atoms with van der Waals surface area (Å²) in [6, 6.07) is 17.3. The summed E-state index contributed by atoms with van der Waals surface area (Å²) in [4.78, 5) is 17.6. The summed E-state index contributed by atoms with van der Waals surface area (Å²) in [6.07, 6.45) is 0. The highest BCUT2D eigenvalue weighted by atomic mass is 79.9. The van der Waals surface area contributed by atoms with Gasteiger partial charge in [-0.1, -0.05) is 30.3 Å². The standard InChI is InChI=1S/C22H19BrN4O/c1-13-7-6-9-16-14(2)11-19(24-21(13)16)27-20(12-15(3)26-27)25-22(28)17-8-4-5-10-18(17)23/h4-12H,1-3H3,(H,25,28). The van der Waals surface area contributed by atoms with Crippen LogP contribution in [-0.2, 0) is 0 Å². The smallest absolute Gasteiger partial charge is 0.257 e. The number of aromatic nitrogens is 3. The number of fused-ring (bicyclic) bond motifs is 1. The van der Waals surface area contributed by atoms with Gasteiger partial charge in [0, 0.05) is 15.9 Å². The van der Waals surface area contributed by atoms with Gasteiger partial charge in [-0.3, -0.25) is 4.79 Å². The summed E-state index contributed by atoms with van der Waals surface area (Å²) < 4.78 is 2.42. The lowest BCUT2D eigenvalue weighted by atomic mass is 10.1. The molecule has 0 saturated heterocycles. The summed E-state index contributed by atoms with van der Waals surface area (Å²) in [5.74, 6) is 1.05. The van der Waals surface area contributed by atoms with Crippen molar-refractivity contribution in [3.8, 4) is 5.82 Å². The maximum atomic E-state index is 12.8. The number of nitrogens with zero attached hydrogens (tertiary/aromatic N) is 3. The molecule has 0 aliphatic rings. The number of carbonyl (C=O) groups excluding carboxylic acids is 1. The molecule has 4 rings (SSSR count). The van der Waals surface area contributed by atoms with E-state index in [-0.39, 0.29) is 5.91 Å². The van der Waals surface area contributed by atoms with Crippen LogP contribution >= 0.6 is 15.9 Å². The molecule has 2 aromatic heterocycles. The fourth-order valence-corrected chi connectivity index (χ4v) is 3.71. The van der Waals surface area contributed by atoms with E-state index in [2.05, 4.69) is 39.3 Å². The Morgan fingerprint density at radius 2 is 1.79 bits per heavy atom. The van der Waals surface area contributed by atoms with Crippen LogP contribution in [0.15, 0.2) is 59.1 Å². The van der Waals surface area contributed by atoms with E-state index >= 15 is 0 Å². The lowest BCUT2D eigenvalue weighted by Crippen LogP contribution is -2.16. The molecule has 0 fully saturated rings. The van der Waals surface area contributed by atoms with Crippen molar-refractivity contribution < 1.29 is 4.79 Å². The van der Waals surface area contributed by atoms with Crippen molar-refractivity contribution in [1.29, 1.82) is 0 Å². The first-order chi connectivity index (χ1) is 13.4. The lowest BCUT2D eigenvalue weighted by Gasteiger charge is -2.12. The molecule has 0 aliphatic carbocycles. The first-order valence-electron chi connectivity index (χ1n) is 8.94. The fourth-order valence-electron chi connectivity index (χ4n) is 3.24. The van der Waals surface area contributed by atoms with Gasteiger partial charge in [0.25, 0.3) is 5.91 Å². The third-order valence-electron chi connectivity index (χ3n) is 4.64. The van der Waals surface area contributed by atoms with Crippen molar-refractivity contribution in [2.24, 2.45) is 0 Å². The van der Waals surface area contributed by atoms with E-state index in [1.165, 1.54) is 0 Å². The number of carbonyl (C=O) groups is 1. The van der Waals surface area contributed by atoms with E-state index in [9.17, 15) is 4.79 Å². The molecule has 5 nitrogen and oxygen atoms in total. The number of benzene rings is 2. The van der Waals surface area contributed by atoms with Crippen LogP contribution in [0.25, 0.3) is 16.7 Å². The van der Waals surface area contributed by atoms with Gasteiger partial charge in [-0.15, -0.1) is 0 Å². The average Bonchev–Trinajstić information content (AvgIpc) is 3.03. The van der Waals surface area contributed by atoms with Crippen LogP contribution in [-0.4, -0.2) is 20.7 Å². The lowest BCUT2D eigenvalue weighted by molar-refractivity contribution is 0.102. The Labute approximate surface area is 171 Å². The van der Waals surface area contributed by atoms with Crippen molar-refractivity contribution in [3.05, 3.63) is 81.5 Å². The van der Waals surface area contributed by atoms with Gasteiger partial charge in [-0.2, -0.15) is 9.78 Å². The SMILES string of the molecule is Cc1cc(NC(=O)c2ccccc2Br)n(-c2cc(C)c3cccc(C)c3n2)n1. The van der Waals surface area contributed by atoms with Gasteiger partial charge in [0.15, 0.2) is 5.82 Å². The molecule has 140 valence electrons. The highest BCUT2D eigenvalue weighted by molar-refractivity contribution is 9.10. The Bertz CT molecular complexity index is 1210. The number of anilines is 1.